The Kier molecular flexibility index (Phi) is 2.74. The highest BCUT2D eigenvalue weighted by molar-refractivity contribution is 5.72. The van der Waals surface area contributed by atoms with E-state index in [0.717, 1.165) is 39.0 Å². The topological polar surface area (TPSA) is 47.6 Å². The average molecular weight is 199 g/mol. The minimum absolute atomic E-state index is 0.0416. The highest BCUT2D eigenvalue weighted by atomic mass is 16.5. The molecular weight excluding hydrogens is 182 g/mol. The number of esters is 1. The Morgan fingerprint density at radius 1 is 1.64 bits per heavy atom. The van der Waals surface area contributed by atoms with Crippen molar-refractivity contribution in [2.75, 3.05) is 26.8 Å². The molecule has 1 saturated heterocycles. The molecule has 1 heterocycles. The van der Waals surface area contributed by atoms with Gasteiger partial charge in [-0.25, -0.2) is 0 Å². The summed E-state index contributed by atoms with van der Waals surface area (Å²) in [5.41, 5.74) is -0.0862. The van der Waals surface area contributed by atoms with Crippen molar-refractivity contribution in [2.45, 2.75) is 24.9 Å². The number of carbonyl (C=O) groups excluding carboxylic acids is 1. The second-order valence-corrected chi connectivity index (χ2v) is 4.17. The molecule has 2 fully saturated rings. The SMILES string of the molecule is COC(=O)[C@H]1CC[C@@]2(CNCCO2)C1. The van der Waals surface area contributed by atoms with Gasteiger partial charge in [0, 0.05) is 13.1 Å². The molecule has 14 heavy (non-hydrogen) atoms. The summed E-state index contributed by atoms with van der Waals surface area (Å²) < 4.78 is 10.5. The fourth-order valence-corrected chi connectivity index (χ4v) is 2.46. The highest BCUT2D eigenvalue weighted by Gasteiger charge is 2.44. The number of morpholine rings is 1. The van der Waals surface area contributed by atoms with Crippen molar-refractivity contribution in [3.05, 3.63) is 0 Å². The first-order valence-corrected chi connectivity index (χ1v) is 5.18. The Bertz CT molecular complexity index is 223. The summed E-state index contributed by atoms with van der Waals surface area (Å²) in [7, 11) is 1.45. The van der Waals surface area contributed by atoms with Gasteiger partial charge in [0.05, 0.1) is 25.2 Å². The van der Waals surface area contributed by atoms with E-state index < -0.39 is 0 Å². The van der Waals surface area contributed by atoms with E-state index in [1.54, 1.807) is 0 Å². The van der Waals surface area contributed by atoms with Crippen LogP contribution in [0.3, 0.4) is 0 Å². The van der Waals surface area contributed by atoms with Crippen LogP contribution in [0.5, 0.6) is 0 Å². The molecule has 1 aliphatic carbocycles. The van der Waals surface area contributed by atoms with Gasteiger partial charge in [-0.3, -0.25) is 4.79 Å². The van der Waals surface area contributed by atoms with Gasteiger partial charge in [-0.05, 0) is 19.3 Å². The number of hydrogen-bond acceptors (Lipinski definition) is 4. The lowest BCUT2D eigenvalue weighted by atomic mass is 9.99. The van der Waals surface area contributed by atoms with Crippen molar-refractivity contribution in [2.24, 2.45) is 5.92 Å². The van der Waals surface area contributed by atoms with Crippen molar-refractivity contribution >= 4 is 5.97 Å². The summed E-state index contributed by atoms with van der Waals surface area (Å²) in [4.78, 5) is 11.3. The molecule has 0 amide bonds. The van der Waals surface area contributed by atoms with E-state index in [4.69, 9.17) is 9.47 Å². The maximum atomic E-state index is 11.3. The summed E-state index contributed by atoms with van der Waals surface area (Å²) in [6.07, 6.45) is 2.68. The lowest BCUT2D eigenvalue weighted by Gasteiger charge is -2.34. The van der Waals surface area contributed by atoms with Crippen molar-refractivity contribution in [3.63, 3.8) is 0 Å². The maximum absolute atomic E-state index is 11.3. The Balaban J connectivity index is 1.95. The van der Waals surface area contributed by atoms with Crippen LogP contribution in [-0.2, 0) is 14.3 Å². The fraction of sp³-hybridized carbons (Fsp3) is 0.900. The van der Waals surface area contributed by atoms with Gasteiger partial charge in [0.25, 0.3) is 0 Å². The van der Waals surface area contributed by atoms with Gasteiger partial charge in [-0.2, -0.15) is 0 Å². The molecule has 1 saturated carbocycles. The molecule has 80 valence electrons. The minimum atomic E-state index is -0.0870. The van der Waals surface area contributed by atoms with Crippen molar-refractivity contribution < 1.29 is 14.3 Å². The smallest absolute Gasteiger partial charge is 0.308 e. The summed E-state index contributed by atoms with van der Waals surface area (Å²) in [5, 5.41) is 3.32. The van der Waals surface area contributed by atoms with Crippen LogP contribution in [0.25, 0.3) is 0 Å². The predicted octanol–water partition coefficient (Wildman–Crippen LogP) is 0.318. The molecule has 2 atom stereocenters. The first-order chi connectivity index (χ1) is 6.76. The zero-order valence-electron chi connectivity index (χ0n) is 8.54. The lowest BCUT2D eigenvalue weighted by molar-refractivity contribution is -0.146. The van der Waals surface area contributed by atoms with E-state index in [1.807, 2.05) is 0 Å². The molecule has 0 aromatic heterocycles. The van der Waals surface area contributed by atoms with E-state index in [1.165, 1.54) is 7.11 Å². The van der Waals surface area contributed by atoms with E-state index >= 15 is 0 Å². The van der Waals surface area contributed by atoms with Gasteiger partial charge in [0.1, 0.15) is 0 Å². The number of hydrogen-bond donors (Lipinski definition) is 1. The Morgan fingerprint density at radius 3 is 3.14 bits per heavy atom. The first kappa shape index (κ1) is 9.93. The number of nitrogens with one attached hydrogen (secondary N) is 1. The molecule has 1 aliphatic heterocycles. The third kappa shape index (κ3) is 1.77. The number of rotatable bonds is 1. The monoisotopic (exact) mass is 199 g/mol. The van der Waals surface area contributed by atoms with E-state index in [0.29, 0.717) is 0 Å². The van der Waals surface area contributed by atoms with Gasteiger partial charge in [0.2, 0.25) is 0 Å². The van der Waals surface area contributed by atoms with Crippen LogP contribution >= 0.6 is 0 Å². The van der Waals surface area contributed by atoms with Gasteiger partial charge in [-0.15, -0.1) is 0 Å². The van der Waals surface area contributed by atoms with Crippen molar-refractivity contribution in [1.29, 1.82) is 0 Å². The Labute approximate surface area is 84.0 Å². The summed E-state index contributed by atoms with van der Waals surface area (Å²) in [5.74, 6) is -0.0454. The standard InChI is InChI=1S/C10H17NO3/c1-13-9(12)8-2-3-10(6-8)7-11-4-5-14-10/h8,11H,2-7H2,1H3/t8-,10-/m0/s1. The lowest BCUT2D eigenvalue weighted by Crippen LogP contribution is -2.48. The third-order valence-electron chi connectivity index (χ3n) is 3.24. The van der Waals surface area contributed by atoms with Crippen LogP contribution in [0.4, 0.5) is 0 Å². The largest absolute Gasteiger partial charge is 0.469 e. The average Bonchev–Trinajstić information content (AvgIpc) is 2.62. The molecular formula is C10H17NO3. The van der Waals surface area contributed by atoms with Crippen molar-refractivity contribution in [3.8, 4) is 0 Å². The van der Waals surface area contributed by atoms with Crippen LogP contribution < -0.4 is 5.32 Å². The second kappa shape index (κ2) is 3.87. The van der Waals surface area contributed by atoms with Gasteiger partial charge < -0.3 is 14.8 Å². The number of carbonyl (C=O) groups is 1. The molecule has 0 aromatic carbocycles. The maximum Gasteiger partial charge on any atom is 0.308 e. The molecule has 2 rings (SSSR count). The molecule has 4 nitrogen and oxygen atoms in total. The van der Waals surface area contributed by atoms with Gasteiger partial charge in [0.15, 0.2) is 0 Å². The Hall–Kier alpha value is -0.610. The van der Waals surface area contributed by atoms with E-state index in [2.05, 4.69) is 5.32 Å². The van der Waals surface area contributed by atoms with Gasteiger partial charge in [-0.1, -0.05) is 0 Å². The quantitative estimate of drug-likeness (QED) is 0.618. The Morgan fingerprint density at radius 2 is 2.50 bits per heavy atom. The molecule has 0 bridgehead atoms. The molecule has 2 aliphatic rings. The first-order valence-electron chi connectivity index (χ1n) is 5.18. The zero-order chi connectivity index (χ0) is 10.0. The normalized spacial score (nSPS) is 37.4. The molecule has 0 unspecified atom stereocenters. The second-order valence-electron chi connectivity index (χ2n) is 4.17. The summed E-state index contributed by atoms with van der Waals surface area (Å²) in [6.45, 7) is 2.55. The minimum Gasteiger partial charge on any atom is -0.469 e. The molecule has 0 radical (unpaired) electrons. The highest BCUT2D eigenvalue weighted by Crippen LogP contribution is 2.38. The van der Waals surface area contributed by atoms with Crippen LogP contribution in [0.1, 0.15) is 19.3 Å². The van der Waals surface area contributed by atoms with Crippen LogP contribution in [0, 0.1) is 5.92 Å². The van der Waals surface area contributed by atoms with Crippen molar-refractivity contribution in [1.82, 2.24) is 5.32 Å². The molecule has 1 N–H and O–H groups in total. The molecule has 1 spiro atoms. The molecule has 4 heteroatoms. The molecule has 0 aromatic rings. The predicted molar refractivity (Wildman–Crippen MR) is 50.9 cm³/mol. The summed E-state index contributed by atoms with van der Waals surface area (Å²) >= 11 is 0. The van der Waals surface area contributed by atoms with Crippen LogP contribution in [0.15, 0.2) is 0 Å². The third-order valence-corrected chi connectivity index (χ3v) is 3.24. The summed E-state index contributed by atoms with van der Waals surface area (Å²) in [6, 6.07) is 0. The number of ether oxygens (including phenoxy) is 2. The fourth-order valence-electron chi connectivity index (χ4n) is 2.46. The zero-order valence-corrected chi connectivity index (χ0v) is 8.54. The van der Waals surface area contributed by atoms with Crippen LogP contribution in [0.2, 0.25) is 0 Å². The van der Waals surface area contributed by atoms with Gasteiger partial charge >= 0.3 is 5.97 Å². The van der Waals surface area contributed by atoms with E-state index in [-0.39, 0.29) is 17.5 Å². The van der Waals surface area contributed by atoms with Crippen LogP contribution in [-0.4, -0.2) is 38.4 Å². The number of methoxy groups -OCH3 is 1. The van der Waals surface area contributed by atoms with E-state index in [9.17, 15) is 4.79 Å².